The van der Waals surface area contributed by atoms with Gasteiger partial charge in [-0.15, -0.1) is 0 Å². The number of nitrogens with zero attached hydrogens (tertiary/aromatic N) is 2. The molecule has 3 N–H and O–H groups in total. The van der Waals surface area contributed by atoms with Crippen LogP contribution in [0.1, 0.15) is 16.1 Å². The van der Waals surface area contributed by atoms with Gasteiger partial charge in [-0.3, -0.25) is 4.79 Å². The van der Waals surface area contributed by atoms with Crippen molar-refractivity contribution < 1.29 is 19.1 Å². The number of imidazole rings is 1. The van der Waals surface area contributed by atoms with Crippen molar-refractivity contribution >= 4 is 46.4 Å². The third-order valence-electron chi connectivity index (χ3n) is 4.19. The highest BCUT2D eigenvalue weighted by Gasteiger charge is 2.13. The molecule has 0 aliphatic rings. The number of carboxylic acids is 1. The van der Waals surface area contributed by atoms with Gasteiger partial charge in [0.05, 0.1) is 16.6 Å². The van der Waals surface area contributed by atoms with Crippen molar-refractivity contribution in [1.82, 2.24) is 9.97 Å². The Morgan fingerprint density at radius 1 is 1.16 bits per heavy atom. The molecule has 2 aromatic carbocycles. The van der Waals surface area contributed by atoms with Crippen molar-refractivity contribution in [1.29, 1.82) is 5.26 Å². The Bertz CT molecular complexity index is 1330. The molecule has 0 radical (unpaired) electrons. The maximum atomic E-state index is 12.4. The Morgan fingerprint density at radius 3 is 2.77 bits per heavy atom. The number of fused-ring (bicyclic) bond motifs is 1. The number of H-pyrrole nitrogens is 1. The molecule has 0 spiro atoms. The largest absolute Gasteiger partial charge is 0.478 e. The van der Waals surface area contributed by atoms with E-state index in [0.29, 0.717) is 16.0 Å². The molecule has 0 unspecified atom stereocenters. The molecule has 0 fully saturated rings. The van der Waals surface area contributed by atoms with E-state index >= 15 is 0 Å². The van der Waals surface area contributed by atoms with Crippen LogP contribution in [0.5, 0.6) is 0 Å². The van der Waals surface area contributed by atoms with Gasteiger partial charge in [0.15, 0.2) is 10.2 Å². The number of carbonyl (C=O) groups excluding carboxylic acids is 1. The van der Waals surface area contributed by atoms with Gasteiger partial charge in [-0.05, 0) is 54.2 Å². The van der Waals surface area contributed by atoms with E-state index in [9.17, 15) is 14.9 Å². The first-order valence-corrected chi connectivity index (χ1v) is 9.82. The molecule has 152 valence electrons. The van der Waals surface area contributed by atoms with Crippen LogP contribution in [0.3, 0.4) is 0 Å². The number of furan rings is 1. The number of carbonyl (C=O) groups is 2. The quantitative estimate of drug-likeness (QED) is 0.302. The zero-order valence-electron chi connectivity index (χ0n) is 15.8. The Morgan fingerprint density at radius 2 is 2.00 bits per heavy atom. The lowest BCUT2D eigenvalue weighted by Crippen LogP contribution is -2.13. The van der Waals surface area contributed by atoms with Crippen LogP contribution in [0.25, 0.3) is 17.1 Å². The van der Waals surface area contributed by atoms with Crippen LogP contribution in [0, 0.1) is 11.3 Å². The Balaban J connectivity index is 1.48. The summed E-state index contributed by atoms with van der Waals surface area (Å²) in [7, 11) is 0. The van der Waals surface area contributed by atoms with Crippen LogP contribution in [0.4, 0.5) is 5.69 Å². The van der Waals surface area contributed by atoms with Gasteiger partial charge < -0.3 is 19.8 Å². The summed E-state index contributed by atoms with van der Waals surface area (Å²) in [4.78, 5) is 31.1. The fourth-order valence-electron chi connectivity index (χ4n) is 2.76. The van der Waals surface area contributed by atoms with E-state index in [4.69, 9.17) is 9.52 Å². The van der Waals surface area contributed by atoms with E-state index in [1.807, 2.05) is 30.3 Å². The van der Waals surface area contributed by atoms with Gasteiger partial charge in [-0.1, -0.05) is 18.2 Å². The van der Waals surface area contributed by atoms with E-state index in [-0.39, 0.29) is 16.8 Å². The molecule has 1 amide bonds. The van der Waals surface area contributed by atoms with Crippen LogP contribution >= 0.6 is 11.8 Å². The monoisotopic (exact) mass is 430 g/mol. The average Bonchev–Trinajstić information content (AvgIpc) is 3.38. The number of nitriles is 1. The standard InChI is InChI=1S/C22H14N4O4S/c23-12-14(20(27)24-15-5-3-4-13(10-15)21(28)29)11-16-8-9-19(30-16)31-22-25-17-6-1-2-7-18(17)26-22/h1-11H,(H,24,27)(H,25,26)(H,28,29)/b14-11-. The Labute approximate surface area is 180 Å². The third kappa shape index (κ3) is 4.66. The molecular weight excluding hydrogens is 416 g/mol. The van der Waals surface area contributed by atoms with Crippen LogP contribution in [0.15, 0.2) is 80.9 Å². The highest BCUT2D eigenvalue weighted by Crippen LogP contribution is 2.29. The normalized spacial score (nSPS) is 11.3. The Hall–Kier alpha value is -4.29. The van der Waals surface area contributed by atoms with E-state index in [1.165, 1.54) is 42.1 Å². The van der Waals surface area contributed by atoms with Crippen LogP contribution < -0.4 is 5.32 Å². The number of benzene rings is 2. The minimum atomic E-state index is -1.11. The Kier molecular flexibility index (Phi) is 5.55. The fourth-order valence-corrected chi connectivity index (χ4v) is 3.53. The molecule has 4 rings (SSSR count). The molecule has 4 aromatic rings. The molecule has 0 saturated carbocycles. The second-order valence-corrected chi connectivity index (χ2v) is 7.32. The molecule has 31 heavy (non-hydrogen) atoms. The van der Waals surface area contributed by atoms with Gasteiger partial charge >= 0.3 is 5.97 Å². The molecule has 0 aliphatic heterocycles. The highest BCUT2D eigenvalue weighted by atomic mass is 32.2. The molecule has 0 bridgehead atoms. The van der Waals surface area contributed by atoms with E-state index in [0.717, 1.165) is 11.0 Å². The number of amides is 1. The summed E-state index contributed by atoms with van der Waals surface area (Å²) in [5.41, 5.74) is 1.86. The van der Waals surface area contributed by atoms with Crippen molar-refractivity contribution in [2.75, 3.05) is 5.32 Å². The minimum absolute atomic E-state index is 0.0265. The summed E-state index contributed by atoms with van der Waals surface area (Å²) in [5.74, 6) is -1.46. The average molecular weight is 430 g/mol. The van der Waals surface area contributed by atoms with Crippen LogP contribution in [-0.4, -0.2) is 27.0 Å². The number of hydrogen-bond donors (Lipinski definition) is 3. The summed E-state index contributed by atoms with van der Waals surface area (Å²) in [5, 5.41) is 22.1. The first-order chi connectivity index (χ1) is 15.0. The van der Waals surface area contributed by atoms with Crippen molar-refractivity contribution in [2.45, 2.75) is 10.2 Å². The predicted molar refractivity (Wildman–Crippen MR) is 115 cm³/mol. The van der Waals surface area contributed by atoms with Crippen molar-refractivity contribution in [3.05, 3.63) is 77.6 Å². The van der Waals surface area contributed by atoms with Gasteiger partial charge in [-0.25, -0.2) is 9.78 Å². The number of anilines is 1. The fraction of sp³-hybridized carbons (Fsp3) is 0. The summed E-state index contributed by atoms with van der Waals surface area (Å²) in [6, 6.07) is 18.6. The van der Waals surface area contributed by atoms with Gasteiger partial charge in [0.25, 0.3) is 5.91 Å². The number of aromatic nitrogens is 2. The lowest BCUT2D eigenvalue weighted by atomic mass is 10.2. The topological polar surface area (TPSA) is 132 Å². The predicted octanol–water partition coefficient (Wildman–Crippen LogP) is 4.55. The number of para-hydroxylation sites is 2. The van der Waals surface area contributed by atoms with Crippen molar-refractivity contribution in [3.63, 3.8) is 0 Å². The van der Waals surface area contributed by atoms with Crippen LogP contribution in [-0.2, 0) is 4.79 Å². The van der Waals surface area contributed by atoms with Gasteiger partial charge in [-0.2, -0.15) is 5.26 Å². The van der Waals surface area contributed by atoms with Gasteiger partial charge in [0, 0.05) is 11.8 Å². The van der Waals surface area contributed by atoms with E-state index in [2.05, 4.69) is 15.3 Å². The number of carboxylic acid groups (broad SMARTS) is 1. The first kappa shape index (κ1) is 20.0. The molecule has 0 atom stereocenters. The van der Waals surface area contributed by atoms with E-state index < -0.39 is 11.9 Å². The first-order valence-electron chi connectivity index (χ1n) is 9.01. The van der Waals surface area contributed by atoms with Gasteiger partial charge in [0.1, 0.15) is 17.4 Å². The second kappa shape index (κ2) is 8.61. The van der Waals surface area contributed by atoms with Crippen LogP contribution in [0.2, 0.25) is 0 Å². The summed E-state index contributed by atoms with van der Waals surface area (Å²) < 4.78 is 5.68. The smallest absolute Gasteiger partial charge is 0.335 e. The number of rotatable bonds is 6. The SMILES string of the molecule is N#C/C(=C/c1ccc(Sc2nc3ccccc3[nH]2)o1)C(=O)Nc1cccc(C(=O)O)c1. The highest BCUT2D eigenvalue weighted by molar-refractivity contribution is 7.99. The zero-order valence-corrected chi connectivity index (χ0v) is 16.6. The molecule has 2 aromatic heterocycles. The summed E-state index contributed by atoms with van der Waals surface area (Å²) in [6.45, 7) is 0. The minimum Gasteiger partial charge on any atom is -0.478 e. The third-order valence-corrected chi connectivity index (χ3v) is 4.99. The maximum absolute atomic E-state index is 12.4. The van der Waals surface area contributed by atoms with E-state index in [1.54, 1.807) is 12.1 Å². The molecule has 9 heteroatoms. The molecule has 0 saturated heterocycles. The van der Waals surface area contributed by atoms with Crippen molar-refractivity contribution in [2.24, 2.45) is 0 Å². The number of aromatic amines is 1. The number of nitrogens with one attached hydrogen (secondary N) is 2. The summed E-state index contributed by atoms with van der Waals surface area (Å²) >= 11 is 1.28. The summed E-state index contributed by atoms with van der Waals surface area (Å²) in [6.07, 6.45) is 1.32. The molecule has 0 aliphatic carbocycles. The lowest BCUT2D eigenvalue weighted by molar-refractivity contribution is -0.112. The zero-order chi connectivity index (χ0) is 21.8. The molecular formula is C22H14N4O4S. The van der Waals surface area contributed by atoms with Gasteiger partial charge in [0.2, 0.25) is 0 Å². The second-order valence-electron chi connectivity index (χ2n) is 6.33. The maximum Gasteiger partial charge on any atom is 0.335 e. The lowest BCUT2D eigenvalue weighted by Gasteiger charge is -2.04. The number of aromatic carboxylic acids is 1. The molecule has 8 nitrogen and oxygen atoms in total. The molecule has 2 heterocycles. The van der Waals surface area contributed by atoms with Crippen molar-refractivity contribution in [3.8, 4) is 6.07 Å². The number of hydrogen-bond acceptors (Lipinski definition) is 6.